The van der Waals surface area contributed by atoms with Crippen LogP contribution in [0.25, 0.3) is 0 Å². The molecule has 0 fully saturated rings. The first-order chi connectivity index (χ1) is 11.8. The molecule has 0 saturated carbocycles. The summed E-state index contributed by atoms with van der Waals surface area (Å²) in [5, 5.41) is 0. The molecule has 3 aromatic rings. The van der Waals surface area contributed by atoms with Gasteiger partial charge >= 0.3 is 0 Å². The number of hydrogen-bond acceptors (Lipinski definition) is 1. The van der Waals surface area contributed by atoms with Gasteiger partial charge in [0.25, 0.3) is 0 Å². The molecule has 0 saturated heterocycles. The molecule has 2 nitrogen and oxygen atoms in total. The second-order valence-electron chi connectivity index (χ2n) is 5.88. The lowest BCUT2D eigenvalue weighted by atomic mass is 10.1. The topological polar surface area (TPSA) is 20.3 Å². The highest BCUT2D eigenvalue weighted by Gasteiger charge is 2.15. The minimum atomic E-state index is 0.147. The highest BCUT2D eigenvalue weighted by atomic mass is 16.2. The molecule has 0 atom stereocenters. The van der Waals surface area contributed by atoms with E-state index in [9.17, 15) is 4.79 Å². The van der Waals surface area contributed by atoms with Gasteiger partial charge in [-0.1, -0.05) is 91.0 Å². The molecule has 0 bridgehead atoms. The summed E-state index contributed by atoms with van der Waals surface area (Å²) in [4.78, 5) is 14.8. The lowest BCUT2D eigenvalue weighted by Crippen LogP contribution is -2.31. The summed E-state index contributed by atoms with van der Waals surface area (Å²) in [6.45, 7) is 1.25. The zero-order valence-electron chi connectivity index (χ0n) is 13.6. The Balaban J connectivity index is 1.76. The number of hydrogen-bond donors (Lipinski definition) is 0. The smallest absolute Gasteiger partial charge is 0.227 e. The molecule has 0 aliphatic carbocycles. The molecular weight excluding hydrogens is 294 g/mol. The highest BCUT2D eigenvalue weighted by Crippen LogP contribution is 2.12. The van der Waals surface area contributed by atoms with Crippen molar-refractivity contribution in [2.24, 2.45) is 0 Å². The summed E-state index contributed by atoms with van der Waals surface area (Å²) in [6, 6.07) is 30.2. The van der Waals surface area contributed by atoms with E-state index >= 15 is 0 Å². The zero-order chi connectivity index (χ0) is 16.6. The van der Waals surface area contributed by atoms with Crippen LogP contribution in [0.1, 0.15) is 16.7 Å². The first kappa shape index (κ1) is 16.0. The standard InChI is InChI=1S/C22H21NO/c24-22(16-19-10-4-1-5-11-19)23(17-20-12-6-2-7-13-20)18-21-14-8-3-9-15-21/h1-15H,16-18H2. The van der Waals surface area contributed by atoms with Crippen LogP contribution in [0.4, 0.5) is 0 Å². The van der Waals surface area contributed by atoms with Gasteiger partial charge in [0.2, 0.25) is 5.91 Å². The van der Waals surface area contributed by atoms with Crippen molar-refractivity contribution in [1.82, 2.24) is 4.90 Å². The summed E-state index contributed by atoms with van der Waals surface area (Å²) in [5.41, 5.74) is 3.35. The Bertz CT molecular complexity index is 712. The van der Waals surface area contributed by atoms with Crippen molar-refractivity contribution in [1.29, 1.82) is 0 Å². The fourth-order valence-corrected chi connectivity index (χ4v) is 2.72. The fourth-order valence-electron chi connectivity index (χ4n) is 2.72. The van der Waals surface area contributed by atoms with Crippen molar-refractivity contribution >= 4 is 5.91 Å². The van der Waals surface area contributed by atoms with Gasteiger partial charge < -0.3 is 4.90 Å². The molecule has 24 heavy (non-hydrogen) atoms. The third-order valence-corrected chi connectivity index (χ3v) is 3.98. The monoisotopic (exact) mass is 315 g/mol. The van der Waals surface area contributed by atoms with Gasteiger partial charge in [0.15, 0.2) is 0 Å². The van der Waals surface area contributed by atoms with Crippen molar-refractivity contribution in [3.05, 3.63) is 108 Å². The number of rotatable bonds is 6. The molecule has 0 heterocycles. The summed E-state index contributed by atoms with van der Waals surface area (Å²) >= 11 is 0. The highest BCUT2D eigenvalue weighted by molar-refractivity contribution is 5.78. The summed E-state index contributed by atoms with van der Waals surface area (Å²) in [7, 11) is 0. The van der Waals surface area contributed by atoms with E-state index in [1.807, 2.05) is 71.6 Å². The molecule has 2 heteroatoms. The van der Waals surface area contributed by atoms with Crippen LogP contribution in [0, 0.1) is 0 Å². The van der Waals surface area contributed by atoms with Crippen LogP contribution >= 0.6 is 0 Å². The summed E-state index contributed by atoms with van der Waals surface area (Å²) in [6.07, 6.45) is 0.431. The molecule has 0 radical (unpaired) electrons. The molecule has 3 aromatic carbocycles. The molecule has 0 aliphatic rings. The van der Waals surface area contributed by atoms with Crippen LogP contribution in [0.5, 0.6) is 0 Å². The molecule has 0 unspecified atom stereocenters. The van der Waals surface area contributed by atoms with Crippen LogP contribution < -0.4 is 0 Å². The predicted octanol–water partition coefficient (Wildman–Crippen LogP) is 4.46. The van der Waals surface area contributed by atoms with Crippen LogP contribution in [0.15, 0.2) is 91.0 Å². The van der Waals surface area contributed by atoms with Gasteiger partial charge in [0, 0.05) is 13.1 Å². The van der Waals surface area contributed by atoms with Gasteiger partial charge in [-0.3, -0.25) is 4.79 Å². The van der Waals surface area contributed by atoms with Crippen LogP contribution in [0.3, 0.4) is 0 Å². The lowest BCUT2D eigenvalue weighted by Gasteiger charge is -2.23. The quantitative estimate of drug-likeness (QED) is 0.658. The predicted molar refractivity (Wildman–Crippen MR) is 97.3 cm³/mol. The molecule has 3 rings (SSSR count). The molecule has 0 N–H and O–H groups in total. The summed E-state index contributed by atoms with van der Waals surface area (Å²) in [5.74, 6) is 0.147. The Morgan fingerprint density at radius 2 is 0.958 bits per heavy atom. The Hall–Kier alpha value is -2.87. The van der Waals surface area contributed by atoms with Crippen molar-refractivity contribution in [3.63, 3.8) is 0 Å². The van der Waals surface area contributed by atoms with Gasteiger partial charge in [-0.05, 0) is 16.7 Å². The van der Waals surface area contributed by atoms with Crippen molar-refractivity contribution < 1.29 is 4.79 Å². The first-order valence-corrected chi connectivity index (χ1v) is 8.21. The van der Waals surface area contributed by atoms with E-state index in [2.05, 4.69) is 24.3 Å². The minimum Gasteiger partial charge on any atom is -0.334 e. The van der Waals surface area contributed by atoms with Crippen LogP contribution in [0.2, 0.25) is 0 Å². The number of carbonyl (C=O) groups is 1. The van der Waals surface area contributed by atoms with Crippen LogP contribution in [-0.4, -0.2) is 10.8 Å². The number of carbonyl (C=O) groups excluding carboxylic acids is 1. The van der Waals surface area contributed by atoms with Gasteiger partial charge in [0.1, 0.15) is 0 Å². The van der Waals surface area contributed by atoms with Crippen molar-refractivity contribution in [3.8, 4) is 0 Å². The van der Waals surface area contributed by atoms with Gasteiger partial charge in [-0.25, -0.2) is 0 Å². The number of benzene rings is 3. The third-order valence-electron chi connectivity index (χ3n) is 3.98. The van der Waals surface area contributed by atoms with E-state index in [0.717, 1.165) is 16.7 Å². The molecule has 1 amide bonds. The maximum atomic E-state index is 12.8. The average Bonchev–Trinajstić information content (AvgIpc) is 2.64. The van der Waals surface area contributed by atoms with Gasteiger partial charge in [0.05, 0.1) is 6.42 Å². The van der Waals surface area contributed by atoms with E-state index in [-0.39, 0.29) is 5.91 Å². The normalized spacial score (nSPS) is 10.3. The maximum absolute atomic E-state index is 12.8. The largest absolute Gasteiger partial charge is 0.334 e. The van der Waals surface area contributed by atoms with Crippen molar-refractivity contribution in [2.75, 3.05) is 0 Å². The molecule has 0 aliphatic heterocycles. The SMILES string of the molecule is O=C(Cc1ccccc1)N(Cc1ccccc1)Cc1ccccc1. The van der Waals surface area contributed by atoms with Gasteiger partial charge in [-0.2, -0.15) is 0 Å². The van der Waals surface area contributed by atoms with Crippen molar-refractivity contribution in [2.45, 2.75) is 19.5 Å². The zero-order valence-corrected chi connectivity index (χ0v) is 13.6. The van der Waals surface area contributed by atoms with E-state index in [1.165, 1.54) is 0 Å². The molecule has 0 spiro atoms. The Morgan fingerprint density at radius 1 is 0.583 bits per heavy atom. The maximum Gasteiger partial charge on any atom is 0.227 e. The van der Waals surface area contributed by atoms with E-state index in [4.69, 9.17) is 0 Å². The van der Waals surface area contributed by atoms with Crippen LogP contribution in [-0.2, 0) is 24.3 Å². The second-order valence-corrected chi connectivity index (χ2v) is 5.88. The lowest BCUT2D eigenvalue weighted by molar-refractivity contribution is -0.131. The van der Waals surface area contributed by atoms with Gasteiger partial charge in [-0.15, -0.1) is 0 Å². The third kappa shape index (κ3) is 4.56. The fraction of sp³-hybridized carbons (Fsp3) is 0.136. The Labute approximate surface area is 143 Å². The van der Waals surface area contributed by atoms with E-state index in [0.29, 0.717) is 19.5 Å². The number of amides is 1. The summed E-state index contributed by atoms with van der Waals surface area (Å²) < 4.78 is 0. The minimum absolute atomic E-state index is 0.147. The Kier molecular flexibility index (Phi) is 5.41. The molecular formula is C22H21NO. The van der Waals surface area contributed by atoms with E-state index < -0.39 is 0 Å². The molecule has 120 valence electrons. The Morgan fingerprint density at radius 3 is 1.38 bits per heavy atom. The number of nitrogens with zero attached hydrogens (tertiary/aromatic N) is 1. The first-order valence-electron chi connectivity index (χ1n) is 8.21. The second kappa shape index (κ2) is 8.11. The van der Waals surface area contributed by atoms with E-state index in [1.54, 1.807) is 0 Å². The average molecular weight is 315 g/mol. The molecule has 0 aromatic heterocycles.